The van der Waals surface area contributed by atoms with E-state index in [1.807, 2.05) is 61.9 Å². The van der Waals surface area contributed by atoms with Gasteiger partial charge in [0.1, 0.15) is 0 Å². The van der Waals surface area contributed by atoms with Crippen molar-refractivity contribution in [1.82, 2.24) is 14.9 Å². The number of carbonyl (C=O) groups is 1. The Hall–Kier alpha value is -2.56. The smallest absolute Gasteiger partial charge is 0.243 e. The summed E-state index contributed by atoms with van der Waals surface area (Å²) in [5, 5.41) is 2.92. The molecule has 0 fully saturated rings. The van der Waals surface area contributed by atoms with E-state index in [1.165, 1.54) is 0 Å². The summed E-state index contributed by atoms with van der Waals surface area (Å²) in [4.78, 5) is 17.9. The lowest BCUT2D eigenvalue weighted by atomic mass is 10.2. The maximum atomic E-state index is 11.8. The number of hydrogen-bond acceptors (Lipinski definition) is 3. The van der Waals surface area contributed by atoms with E-state index in [4.69, 9.17) is 0 Å². The average molecular weight is 326 g/mol. The Morgan fingerprint density at radius 2 is 2.00 bits per heavy atom. The summed E-state index contributed by atoms with van der Waals surface area (Å²) >= 11 is 0. The molecule has 128 valence electrons. The Morgan fingerprint density at radius 1 is 1.21 bits per heavy atom. The van der Waals surface area contributed by atoms with Crippen molar-refractivity contribution in [2.24, 2.45) is 0 Å². The van der Waals surface area contributed by atoms with E-state index >= 15 is 0 Å². The molecule has 2 rings (SSSR count). The van der Waals surface area contributed by atoms with E-state index < -0.39 is 0 Å². The highest BCUT2D eigenvalue weighted by atomic mass is 16.1. The molecule has 0 aliphatic heterocycles. The summed E-state index contributed by atoms with van der Waals surface area (Å²) in [6.45, 7) is 1.70. The van der Waals surface area contributed by atoms with Crippen LogP contribution in [0.25, 0.3) is 6.08 Å². The van der Waals surface area contributed by atoms with Crippen LogP contribution in [-0.4, -0.2) is 36.1 Å². The van der Waals surface area contributed by atoms with E-state index in [0.29, 0.717) is 6.54 Å². The Balaban J connectivity index is 1.60. The molecule has 1 heterocycles. The number of hydrogen-bond donors (Lipinski definition) is 1. The maximum Gasteiger partial charge on any atom is 0.243 e. The van der Waals surface area contributed by atoms with Crippen molar-refractivity contribution in [2.45, 2.75) is 25.8 Å². The second-order valence-electron chi connectivity index (χ2n) is 5.97. The first-order valence-corrected chi connectivity index (χ1v) is 8.34. The lowest BCUT2D eigenvalue weighted by Crippen LogP contribution is -2.22. The molecular weight excluding hydrogens is 300 g/mol. The van der Waals surface area contributed by atoms with Crippen LogP contribution in [-0.2, 0) is 11.3 Å². The number of nitrogens with one attached hydrogen (secondary N) is 1. The molecule has 1 N–H and O–H groups in total. The van der Waals surface area contributed by atoms with Crippen LogP contribution in [0.1, 0.15) is 24.8 Å². The number of benzene rings is 1. The van der Waals surface area contributed by atoms with Gasteiger partial charge in [0.2, 0.25) is 5.91 Å². The van der Waals surface area contributed by atoms with E-state index in [-0.39, 0.29) is 5.91 Å². The van der Waals surface area contributed by atoms with Crippen LogP contribution in [0.2, 0.25) is 0 Å². The quantitative estimate of drug-likeness (QED) is 0.569. The zero-order valence-electron chi connectivity index (χ0n) is 14.5. The molecule has 0 radical (unpaired) electrons. The maximum absolute atomic E-state index is 11.8. The predicted molar refractivity (Wildman–Crippen MR) is 98.9 cm³/mol. The molecule has 0 saturated heterocycles. The molecule has 0 aliphatic carbocycles. The minimum Gasteiger partial charge on any atom is -0.378 e. The van der Waals surface area contributed by atoms with Gasteiger partial charge in [-0.25, -0.2) is 4.98 Å². The second-order valence-corrected chi connectivity index (χ2v) is 5.97. The number of aromatic nitrogens is 2. The summed E-state index contributed by atoms with van der Waals surface area (Å²) < 4.78 is 2.07. The van der Waals surface area contributed by atoms with E-state index in [9.17, 15) is 4.79 Å². The van der Waals surface area contributed by atoms with Crippen LogP contribution in [0.3, 0.4) is 0 Å². The molecule has 1 aromatic carbocycles. The second kappa shape index (κ2) is 9.55. The van der Waals surface area contributed by atoms with E-state index in [1.54, 1.807) is 12.3 Å². The van der Waals surface area contributed by atoms with Crippen molar-refractivity contribution in [2.75, 3.05) is 25.5 Å². The van der Waals surface area contributed by atoms with Crippen LogP contribution >= 0.6 is 0 Å². The summed E-state index contributed by atoms with van der Waals surface area (Å²) in [7, 11) is 4.02. The molecule has 24 heavy (non-hydrogen) atoms. The van der Waals surface area contributed by atoms with Gasteiger partial charge in [0, 0.05) is 51.3 Å². The zero-order chi connectivity index (χ0) is 17.2. The molecule has 0 unspecified atom stereocenters. The van der Waals surface area contributed by atoms with Crippen molar-refractivity contribution >= 4 is 17.7 Å². The number of imidazole rings is 1. The highest BCUT2D eigenvalue weighted by Crippen LogP contribution is 2.13. The molecule has 0 saturated carbocycles. The number of amides is 1. The highest BCUT2D eigenvalue weighted by molar-refractivity contribution is 5.91. The molecule has 5 nitrogen and oxygen atoms in total. The number of aryl methyl sites for hydroxylation is 1. The number of anilines is 1. The van der Waals surface area contributed by atoms with Gasteiger partial charge in [-0.05, 0) is 43.0 Å². The molecule has 0 bridgehead atoms. The fourth-order valence-electron chi connectivity index (χ4n) is 2.34. The van der Waals surface area contributed by atoms with Crippen molar-refractivity contribution in [1.29, 1.82) is 0 Å². The summed E-state index contributed by atoms with van der Waals surface area (Å²) in [6.07, 6.45) is 12.2. The minimum atomic E-state index is -0.0405. The Bertz CT molecular complexity index is 630. The first-order valence-electron chi connectivity index (χ1n) is 8.34. The fourth-order valence-corrected chi connectivity index (χ4v) is 2.34. The fraction of sp³-hybridized carbons (Fsp3) is 0.368. The molecule has 1 aromatic heterocycles. The Kier molecular flexibility index (Phi) is 7.08. The van der Waals surface area contributed by atoms with Crippen LogP contribution in [0, 0.1) is 0 Å². The first-order chi connectivity index (χ1) is 11.6. The predicted octanol–water partition coefficient (Wildman–Crippen LogP) is 2.95. The van der Waals surface area contributed by atoms with Crippen molar-refractivity contribution < 1.29 is 4.79 Å². The third-order valence-electron chi connectivity index (χ3n) is 3.79. The van der Waals surface area contributed by atoms with Crippen LogP contribution in [0.5, 0.6) is 0 Å². The molecule has 0 aliphatic rings. The average Bonchev–Trinajstić information content (AvgIpc) is 3.10. The van der Waals surface area contributed by atoms with Crippen LogP contribution in [0.4, 0.5) is 5.69 Å². The summed E-state index contributed by atoms with van der Waals surface area (Å²) in [5.74, 6) is -0.0405. The Morgan fingerprint density at radius 3 is 2.67 bits per heavy atom. The van der Waals surface area contributed by atoms with E-state index in [0.717, 1.165) is 37.1 Å². The normalized spacial score (nSPS) is 10.9. The monoisotopic (exact) mass is 326 g/mol. The number of rotatable bonds is 9. The number of nitrogens with zero attached hydrogens (tertiary/aromatic N) is 3. The first kappa shape index (κ1) is 17.8. The molecule has 2 aromatic rings. The largest absolute Gasteiger partial charge is 0.378 e. The SMILES string of the molecule is CN(C)c1ccc(/C=C/C(=O)NCCCCCn2ccnc2)cc1. The highest BCUT2D eigenvalue weighted by Gasteiger charge is 1.97. The number of carbonyl (C=O) groups excluding carboxylic acids is 1. The third-order valence-corrected chi connectivity index (χ3v) is 3.79. The van der Waals surface area contributed by atoms with Crippen molar-refractivity contribution in [3.8, 4) is 0 Å². The third kappa shape index (κ3) is 6.28. The molecular formula is C19H26N4O. The Labute approximate surface area is 144 Å². The molecule has 0 atom stereocenters. The lowest BCUT2D eigenvalue weighted by Gasteiger charge is -2.11. The summed E-state index contributed by atoms with van der Waals surface area (Å²) in [5.41, 5.74) is 2.17. The topological polar surface area (TPSA) is 50.2 Å². The van der Waals surface area contributed by atoms with Gasteiger partial charge >= 0.3 is 0 Å². The standard InChI is InChI=1S/C19H26N4O/c1-22(2)18-9-6-17(7-10-18)8-11-19(24)21-12-4-3-5-14-23-15-13-20-16-23/h6-11,13,15-16H,3-5,12,14H2,1-2H3,(H,21,24)/b11-8+. The van der Waals surface area contributed by atoms with Gasteiger partial charge in [-0.3, -0.25) is 4.79 Å². The van der Waals surface area contributed by atoms with Crippen molar-refractivity contribution in [3.63, 3.8) is 0 Å². The molecule has 5 heteroatoms. The van der Waals surface area contributed by atoms with Crippen LogP contribution in [0.15, 0.2) is 49.1 Å². The zero-order valence-corrected chi connectivity index (χ0v) is 14.5. The van der Waals surface area contributed by atoms with Gasteiger partial charge in [0.05, 0.1) is 6.33 Å². The van der Waals surface area contributed by atoms with Gasteiger partial charge in [-0.1, -0.05) is 12.1 Å². The van der Waals surface area contributed by atoms with Gasteiger partial charge in [0.15, 0.2) is 0 Å². The number of unbranched alkanes of at least 4 members (excludes halogenated alkanes) is 2. The lowest BCUT2D eigenvalue weighted by molar-refractivity contribution is -0.116. The minimum absolute atomic E-state index is 0.0405. The van der Waals surface area contributed by atoms with Crippen molar-refractivity contribution in [3.05, 3.63) is 54.6 Å². The molecule has 0 spiro atoms. The van der Waals surface area contributed by atoms with Gasteiger partial charge in [-0.2, -0.15) is 0 Å². The van der Waals surface area contributed by atoms with Crippen LogP contribution < -0.4 is 10.2 Å². The van der Waals surface area contributed by atoms with E-state index in [2.05, 4.69) is 14.9 Å². The molecule has 1 amide bonds. The van der Waals surface area contributed by atoms with Gasteiger partial charge in [-0.15, -0.1) is 0 Å². The van der Waals surface area contributed by atoms with Gasteiger partial charge in [0.25, 0.3) is 0 Å². The summed E-state index contributed by atoms with van der Waals surface area (Å²) in [6, 6.07) is 8.10. The van der Waals surface area contributed by atoms with Gasteiger partial charge < -0.3 is 14.8 Å².